The van der Waals surface area contributed by atoms with Crippen molar-refractivity contribution in [1.82, 2.24) is 14.7 Å². The minimum Gasteiger partial charge on any atom is -0.338 e. The van der Waals surface area contributed by atoms with Crippen molar-refractivity contribution >= 4 is 5.91 Å². The van der Waals surface area contributed by atoms with Crippen molar-refractivity contribution in [3.8, 4) is 0 Å². The van der Waals surface area contributed by atoms with E-state index in [1.807, 2.05) is 14.1 Å². The number of carbonyl (C=O) groups is 1. The summed E-state index contributed by atoms with van der Waals surface area (Å²) >= 11 is 0. The smallest absolute Gasteiger partial charge is 0.257 e. The van der Waals surface area contributed by atoms with E-state index in [4.69, 9.17) is 0 Å². The van der Waals surface area contributed by atoms with Gasteiger partial charge in [0.2, 0.25) is 0 Å². The van der Waals surface area contributed by atoms with Gasteiger partial charge in [-0.05, 0) is 12.3 Å². The number of aromatic nitrogens is 2. The van der Waals surface area contributed by atoms with Gasteiger partial charge in [-0.2, -0.15) is 5.10 Å². The molecule has 1 atom stereocenters. The maximum Gasteiger partial charge on any atom is 0.257 e. The normalized spacial score (nSPS) is 13.6. The molecule has 1 aromatic rings. The van der Waals surface area contributed by atoms with E-state index in [9.17, 15) is 4.79 Å². The van der Waals surface area contributed by atoms with Gasteiger partial charge in [0.15, 0.2) is 0 Å². The Balaban J connectivity index is 2.83. The first-order valence-electron chi connectivity index (χ1n) is 5.49. The Morgan fingerprint density at radius 3 is 2.44 bits per heavy atom. The summed E-state index contributed by atoms with van der Waals surface area (Å²) in [4.78, 5) is 13.9. The molecule has 1 heterocycles. The summed E-state index contributed by atoms with van der Waals surface area (Å²) in [7, 11) is 3.65. The van der Waals surface area contributed by atoms with Gasteiger partial charge in [0.05, 0.1) is 11.8 Å². The molecular weight excluding hydrogens is 202 g/mol. The molecule has 0 bridgehead atoms. The van der Waals surface area contributed by atoms with Crippen molar-refractivity contribution in [2.45, 2.75) is 33.7 Å². The fourth-order valence-corrected chi connectivity index (χ4v) is 1.49. The number of hydrogen-bond donors (Lipinski definition) is 0. The van der Waals surface area contributed by atoms with Crippen molar-refractivity contribution in [2.75, 3.05) is 7.05 Å². The highest BCUT2D eigenvalue weighted by Crippen LogP contribution is 2.23. The third-order valence-electron chi connectivity index (χ3n) is 3.11. The zero-order valence-corrected chi connectivity index (χ0v) is 11.0. The Kier molecular flexibility index (Phi) is 3.41. The highest BCUT2D eigenvalue weighted by molar-refractivity contribution is 5.93. The lowest BCUT2D eigenvalue weighted by atomic mass is 9.87. The lowest BCUT2D eigenvalue weighted by Crippen LogP contribution is -2.42. The minimum absolute atomic E-state index is 0.0236. The van der Waals surface area contributed by atoms with Gasteiger partial charge in [-0.25, -0.2) is 0 Å². The summed E-state index contributed by atoms with van der Waals surface area (Å²) < 4.78 is 1.64. The molecule has 1 aromatic heterocycles. The molecule has 0 saturated carbocycles. The fraction of sp³-hybridized carbons (Fsp3) is 0.667. The minimum atomic E-state index is 0.0236. The van der Waals surface area contributed by atoms with E-state index in [1.54, 1.807) is 22.0 Å². The van der Waals surface area contributed by atoms with Gasteiger partial charge in [0.1, 0.15) is 0 Å². The molecular formula is C12H21N3O. The molecule has 16 heavy (non-hydrogen) atoms. The molecule has 0 aliphatic rings. The Labute approximate surface area is 97.2 Å². The van der Waals surface area contributed by atoms with Gasteiger partial charge in [0.25, 0.3) is 5.91 Å². The van der Waals surface area contributed by atoms with Crippen LogP contribution in [0.4, 0.5) is 0 Å². The average Bonchev–Trinajstić information content (AvgIpc) is 2.60. The predicted octanol–water partition coefficient (Wildman–Crippen LogP) is 1.93. The molecule has 0 radical (unpaired) electrons. The lowest BCUT2D eigenvalue weighted by Gasteiger charge is -2.35. The van der Waals surface area contributed by atoms with Gasteiger partial charge >= 0.3 is 0 Å². The van der Waals surface area contributed by atoms with E-state index in [0.717, 1.165) is 0 Å². The standard InChI is InChI=1S/C12H21N3O/c1-9(12(2,3)4)15(6)11(16)10-7-13-14(5)8-10/h7-9H,1-6H3. The molecule has 0 aliphatic heterocycles. The quantitative estimate of drug-likeness (QED) is 0.768. The molecule has 1 amide bonds. The Bertz CT molecular complexity index is 376. The van der Waals surface area contributed by atoms with E-state index in [2.05, 4.69) is 32.8 Å². The van der Waals surface area contributed by atoms with Crippen molar-refractivity contribution < 1.29 is 4.79 Å². The average molecular weight is 223 g/mol. The SMILES string of the molecule is CC(N(C)C(=O)c1cnn(C)c1)C(C)(C)C. The summed E-state index contributed by atoms with van der Waals surface area (Å²) in [5, 5.41) is 4.01. The first-order valence-corrected chi connectivity index (χ1v) is 5.49. The summed E-state index contributed by atoms with van der Waals surface area (Å²) in [6, 6.07) is 0.181. The zero-order valence-electron chi connectivity index (χ0n) is 11.0. The molecule has 0 spiro atoms. The van der Waals surface area contributed by atoms with Crippen LogP contribution in [-0.2, 0) is 7.05 Å². The van der Waals surface area contributed by atoms with Crippen LogP contribution in [0.25, 0.3) is 0 Å². The molecule has 4 nitrogen and oxygen atoms in total. The van der Waals surface area contributed by atoms with Crippen molar-refractivity contribution in [3.63, 3.8) is 0 Å². The Morgan fingerprint density at radius 2 is 2.06 bits per heavy atom. The highest BCUT2D eigenvalue weighted by Gasteiger charge is 2.27. The van der Waals surface area contributed by atoms with E-state index in [1.165, 1.54) is 0 Å². The Hall–Kier alpha value is -1.32. The number of amides is 1. The molecule has 0 saturated heterocycles. The van der Waals surface area contributed by atoms with Gasteiger partial charge in [-0.3, -0.25) is 9.48 Å². The zero-order chi connectivity index (χ0) is 12.5. The molecule has 4 heteroatoms. The summed E-state index contributed by atoms with van der Waals surface area (Å²) in [5.74, 6) is 0.0236. The van der Waals surface area contributed by atoms with Gasteiger partial charge < -0.3 is 4.90 Å². The van der Waals surface area contributed by atoms with E-state index in [-0.39, 0.29) is 17.4 Å². The van der Waals surface area contributed by atoms with Crippen LogP contribution in [0.1, 0.15) is 38.1 Å². The van der Waals surface area contributed by atoms with E-state index < -0.39 is 0 Å². The number of hydrogen-bond acceptors (Lipinski definition) is 2. The van der Waals surface area contributed by atoms with E-state index >= 15 is 0 Å². The summed E-state index contributed by atoms with van der Waals surface area (Å²) in [5.41, 5.74) is 0.716. The third-order valence-corrected chi connectivity index (χ3v) is 3.11. The van der Waals surface area contributed by atoms with Crippen molar-refractivity contribution in [2.24, 2.45) is 12.5 Å². The number of nitrogens with zero attached hydrogens (tertiary/aromatic N) is 3. The molecule has 0 aliphatic carbocycles. The number of rotatable bonds is 2. The molecule has 90 valence electrons. The van der Waals surface area contributed by atoms with Crippen LogP contribution in [0.15, 0.2) is 12.4 Å². The number of carbonyl (C=O) groups excluding carboxylic acids is 1. The van der Waals surface area contributed by atoms with Crippen LogP contribution in [0.3, 0.4) is 0 Å². The van der Waals surface area contributed by atoms with Gasteiger partial charge in [0, 0.05) is 26.3 Å². The van der Waals surface area contributed by atoms with Crippen molar-refractivity contribution in [1.29, 1.82) is 0 Å². The van der Waals surface area contributed by atoms with Crippen LogP contribution in [0.2, 0.25) is 0 Å². The largest absolute Gasteiger partial charge is 0.338 e. The Morgan fingerprint density at radius 1 is 1.50 bits per heavy atom. The highest BCUT2D eigenvalue weighted by atomic mass is 16.2. The topological polar surface area (TPSA) is 38.1 Å². The molecule has 0 N–H and O–H groups in total. The number of aryl methyl sites for hydroxylation is 1. The fourth-order valence-electron chi connectivity index (χ4n) is 1.49. The molecule has 1 unspecified atom stereocenters. The van der Waals surface area contributed by atoms with Crippen LogP contribution >= 0.6 is 0 Å². The van der Waals surface area contributed by atoms with E-state index in [0.29, 0.717) is 5.56 Å². The van der Waals surface area contributed by atoms with Crippen LogP contribution in [0.5, 0.6) is 0 Å². The monoisotopic (exact) mass is 223 g/mol. The first-order chi connectivity index (χ1) is 7.23. The second-order valence-electron chi connectivity index (χ2n) is 5.36. The van der Waals surface area contributed by atoms with Gasteiger partial charge in [-0.1, -0.05) is 20.8 Å². The van der Waals surface area contributed by atoms with Gasteiger partial charge in [-0.15, -0.1) is 0 Å². The van der Waals surface area contributed by atoms with Crippen molar-refractivity contribution in [3.05, 3.63) is 18.0 Å². The third kappa shape index (κ3) is 2.62. The molecule has 0 fully saturated rings. The second kappa shape index (κ2) is 4.28. The maximum absolute atomic E-state index is 12.1. The molecule has 0 aromatic carbocycles. The lowest BCUT2D eigenvalue weighted by molar-refractivity contribution is 0.0629. The van der Waals surface area contributed by atoms with Crippen LogP contribution in [-0.4, -0.2) is 33.7 Å². The summed E-state index contributed by atoms with van der Waals surface area (Å²) in [6.07, 6.45) is 3.35. The maximum atomic E-state index is 12.1. The van der Waals surface area contributed by atoms with Crippen LogP contribution in [0, 0.1) is 5.41 Å². The second-order valence-corrected chi connectivity index (χ2v) is 5.36. The molecule has 1 rings (SSSR count). The predicted molar refractivity (Wildman–Crippen MR) is 64.2 cm³/mol. The van der Waals surface area contributed by atoms with Crippen LogP contribution < -0.4 is 0 Å². The summed E-state index contributed by atoms with van der Waals surface area (Å²) in [6.45, 7) is 8.45. The first kappa shape index (κ1) is 12.7.